The highest BCUT2D eigenvalue weighted by atomic mass is 35.5. The average molecular weight is 522 g/mol. The molecule has 0 aromatic heterocycles. The van der Waals surface area contributed by atoms with E-state index in [9.17, 15) is 22.2 Å². The fourth-order valence-corrected chi connectivity index (χ4v) is 4.95. The number of alkyl halides is 3. The molecular formula is C26H23ClF3NO3S. The second kappa shape index (κ2) is 10.4. The number of ether oxygens (including phenoxy) is 1. The number of benzene rings is 3. The highest BCUT2D eigenvalue weighted by Crippen LogP contribution is 2.43. The van der Waals surface area contributed by atoms with Gasteiger partial charge in [0.1, 0.15) is 11.5 Å². The third-order valence-corrected chi connectivity index (χ3v) is 6.99. The SMILES string of the molecule is CS(=O)CCC1CC(c2cccc(C(F)(F)F)c2)N(c2ccc(Oc3ccc(Cl)cc3)cc2)C1=O. The number of hydrogen-bond donors (Lipinski definition) is 0. The number of carbonyl (C=O) groups excluding carboxylic acids is 1. The molecule has 4 nitrogen and oxygen atoms in total. The molecule has 3 aromatic carbocycles. The van der Waals surface area contributed by atoms with Crippen molar-refractivity contribution < 1.29 is 26.9 Å². The van der Waals surface area contributed by atoms with Crippen molar-refractivity contribution in [3.63, 3.8) is 0 Å². The highest BCUT2D eigenvalue weighted by molar-refractivity contribution is 7.84. The number of nitrogens with zero attached hydrogens (tertiary/aromatic N) is 1. The molecular weight excluding hydrogens is 499 g/mol. The number of anilines is 1. The Morgan fingerprint density at radius 3 is 2.26 bits per heavy atom. The van der Waals surface area contributed by atoms with Crippen molar-refractivity contribution in [2.24, 2.45) is 5.92 Å². The molecule has 4 rings (SSSR count). The molecule has 0 saturated carbocycles. The summed E-state index contributed by atoms with van der Waals surface area (Å²) in [5.74, 6) is 0.866. The van der Waals surface area contributed by atoms with Gasteiger partial charge in [-0.2, -0.15) is 13.2 Å². The smallest absolute Gasteiger partial charge is 0.416 e. The lowest BCUT2D eigenvalue weighted by Crippen LogP contribution is -2.29. The van der Waals surface area contributed by atoms with Crippen molar-refractivity contribution >= 4 is 34.0 Å². The van der Waals surface area contributed by atoms with Gasteiger partial charge in [-0.25, -0.2) is 0 Å². The van der Waals surface area contributed by atoms with E-state index >= 15 is 0 Å². The lowest BCUT2D eigenvalue weighted by atomic mass is 9.96. The summed E-state index contributed by atoms with van der Waals surface area (Å²) in [6.07, 6.45) is -2.16. The van der Waals surface area contributed by atoms with E-state index in [1.165, 1.54) is 6.07 Å². The Labute approximate surface area is 209 Å². The molecule has 1 aliphatic heterocycles. The molecule has 0 spiro atoms. The zero-order chi connectivity index (χ0) is 25.2. The van der Waals surface area contributed by atoms with Crippen molar-refractivity contribution in [2.75, 3.05) is 16.9 Å². The largest absolute Gasteiger partial charge is 0.457 e. The van der Waals surface area contributed by atoms with Gasteiger partial charge in [0, 0.05) is 39.4 Å². The van der Waals surface area contributed by atoms with Crippen LogP contribution in [0.4, 0.5) is 18.9 Å². The van der Waals surface area contributed by atoms with Crippen molar-refractivity contribution in [3.05, 3.63) is 88.9 Å². The van der Waals surface area contributed by atoms with Gasteiger partial charge in [-0.1, -0.05) is 23.7 Å². The van der Waals surface area contributed by atoms with Gasteiger partial charge in [0.25, 0.3) is 0 Å². The molecule has 0 N–H and O–H groups in total. The van der Waals surface area contributed by atoms with Gasteiger partial charge in [0.15, 0.2) is 0 Å². The van der Waals surface area contributed by atoms with Crippen molar-refractivity contribution in [1.82, 2.24) is 0 Å². The van der Waals surface area contributed by atoms with Crippen LogP contribution in [0.5, 0.6) is 11.5 Å². The Balaban J connectivity index is 1.63. The molecule has 35 heavy (non-hydrogen) atoms. The van der Waals surface area contributed by atoms with Crippen molar-refractivity contribution in [2.45, 2.75) is 25.1 Å². The Morgan fingerprint density at radius 2 is 1.66 bits per heavy atom. The minimum absolute atomic E-state index is 0.191. The van der Waals surface area contributed by atoms with E-state index in [1.807, 2.05) is 0 Å². The first-order valence-electron chi connectivity index (χ1n) is 11.0. The zero-order valence-corrected chi connectivity index (χ0v) is 20.4. The third kappa shape index (κ3) is 6.05. The molecule has 1 fully saturated rings. The second-order valence-corrected chi connectivity index (χ2v) is 10.4. The predicted octanol–water partition coefficient (Wildman–Crippen LogP) is 7.01. The maximum absolute atomic E-state index is 13.4. The number of hydrogen-bond acceptors (Lipinski definition) is 3. The van der Waals surface area contributed by atoms with Crippen LogP contribution in [-0.2, 0) is 21.8 Å². The van der Waals surface area contributed by atoms with Crippen molar-refractivity contribution in [3.8, 4) is 11.5 Å². The van der Waals surface area contributed by atoms with Gasteiger partial charge in [-0.15, -0.1) is 0 Å². The van der Waals surface area contributed by atoms with E-state index in [0.717, 1.165) is 12.1 Å². The summed E-state index contributed by atoms with van der Waals surface area (Å²) in [4.78, 5) is 14.9. The van der Waals surface area contributed by atoms with Gasteiger partial charge in [0.05, 0.1) is 11.6 Å². The highest BCUT2D eigenvalue weighted by Gasteiger charge is 2.41. The molecule has 1 aliphatic rings. The molecule has 0 bridgehead atoms. The van der Waals surface area contributed by atoms with Crippen LogP contribution in [0.1, 0.15) is 30.0 Å². The summed E-state index contributed by atoms with van der Waals surface area (Å²) < 4.78 is 57.5. The van der Waals surface area contributed by atoms with E-state index in [0.29, 0.717) is 46.4 Å². The monoisotopic (exact) mass is 521 g/mol. The van der Waals surface area contributed by atoms with Crippen molar-refractivity contribution in [1.29, 1.82) is 0 Å². The summed E-state index contributed by atoms with van der Waals surface area (Å²) in [5.41, 5.74) is 0.211. The number of carbonyl (C=O) groups is 1. The van der Waals surface area contributed by atoms with Crippen LogP contribution in [0.25, 0.3) is 0 Å². The maximum Gasteiger partial charge on any atom is 0.416 e. The van der Waals surface area contributed by atoms with E-state index in [2.05, 4.69) is 0 Å². The van der Waals surface area contributed by atoms with Crippen LogP contribution in [0.2, 0.25) is 5.02 Å². The molecule has 1 heterocycles. The van der Waals surface area contributed by atoms with Crippen LogP contribution in [0, 0.1) is 5.92 Å². The van der Waals surface area contributed by atoms with Crippen LogP contribution >= 0.6 is 11.6 Å². The first-order valence-corrected chi connectivity index (χ1v) is 13.1. The first-order chi connectivity index (χ1) is 16.6. The van der Waals surface area contributed by atoms with Gasteiger partial charge >= 0.3 is 6.18 Å². The minimum atomic E-state index is -4.48. The maximum atomic E-state index is 13.4. The third-order valence-electron chi connectivity index (χ3n) is 5.92. The lowest BCUT2D eigenvalue weighted by Gasteiger charge is -2.26. The van der Waals surface area contributed by atoms with Crippen LogP contribution in [0.15, 0.2) is 72.8 Å². The van der Waals surface area contributed by atoms with E-state index in [4.69, 9.17) is 16.3 Å². The molecule has 0 radical (unpaired) electrons. The molecule has 1 saturated heterocycles. The molecule has 3 aromatic rings. The summed E-state index contributed by atoms with van der Waals surface area (Å²) in [5, 5.41) is 0.585. The summed E-state index contributed by atoms with van der Waals surface area (Å²) >= 11 is 5.90. The molecule has 3 atom stereocenters. The fourth-order valence-electron chi connectivity index (χ4n) is 4.20. The Bertz CT molecular complexity index is 1220. The minimum Gasteiger partial charge on any atom is -0.457 e. The zero-order valence-electron chi connectivity index (χ0n) is 18.8. The molecule has 0 aliphatic carbocycles. The Kier molecular flexibility index (Phi) is 7.52. The Hall–Kier alpha value is -2.84. The standard InChI is InChI=1S/C26H23ClF3NO3S/c1-35(33)14-13-18-16-24(17-3-2-4-19(15-17)26(28,29)30)31(25(18)32)21-7-11-23(12-8-21)34-22-9-5-20(27)6-10-22/h2-12,15,18,24H,13-14,16H2,1H3. The van der Waals surface area contributed by atoms with Gasteiger partial charge in [0.2, 0.25) is 5.91 Å². The summed E-state index contributed by atoms with van der Waals surface area (Å²) in [6, 6.07) is 18.2. The summed E-state index contributed by atoms with van der Waals surface area (Å²) in [6.45, 7) is 0. The number of amides is 1. The predicted molar refractivity (Wildman–Crippen MR) is 131 cm³/mol. The lowest BCUT2D eigenvalue weighted by molar-refractivity contribution is -0.137. The molecule has 1 amide bonds. The van der Waals surface area contributed by atoms with Gasteiger partial charge in [-0.3, -0.25) is 9.00 Å². The average Bonchev–Trinajstić information content (AvgIpc) is 3.15. The van der Waals surface area contributed by atoms with Gasteiger partial charge < -0.3 is 9.64 Å². The normalized spacial score (nSPS) is 19.1. The van der Waals surface area contributed by atoms with Crippen LogP contribution in [0.3, 0.4) is 0 Å². The number of rotatable bonds is 7. The van der Waals surface area contributed by atoms with E-state index in [1.54, 1.807) is 65.8 Å². The topological polar surface area (TPSA) is 46.6 Å². The quantitative estimate of drug-likeness (QED) is 0.336. The van der Waals surface area contributed by atoms with Crippen LogP contribution < -0.4 is 9.64 Å². The Morgan fingerprint density at radius 1 is 1.03 bits per heavy atom. The fraction of sp³-hybridized carbons (Fsp3) is 0.269. The summed E-state index contributed by atoms with van der Waals surface area (Å²) in [7, 11) is -1.07. The molecule has 3 unspecified atom stereocenters. The van der Waals surface area contributed by atoms with E-state index < -0.39 is 34.5 Å². The molecule has 184 valence electrons. The molecule has 9 heteroatoms. The van der Waals surface area contributed by atoms with Crippen LogP contribution in [-0.4, -0.2) is 22.1 Å². The van der Waals surface area contributed by atoms with Gasteiger partial charge in [-0.05, 0) is 79.1 Å². The first kappa shape index (κ1) is 25.3. The number of halogens is 4. The van der Waals surface area contributed by atoms with E-state index in [-0.39, 0.29) is 5.91 Å². The second-order valence-electron chi connectivity index (χ2n) is 8.40.